The predicted octanol–water partition coefficient (Wildman–Crippen LogP) is 2.97. The lowest BCUT2D eigenvalue weighted by molar-refractivity contribution is -0.142. The van der Waals surface area contributed by atoms with Gasteiger partial charge in [-0.25, -0.2) is 4.79 Å². The van der Waals surface area contributed by atoms with Crippen molar-refractivity contribution in [3.05, 3.63) is 24.3 Å². The summed E-state index contributed by atoms with van der Waals surface area (Å²) in [7, 11) is 0. The van der Waals surface area contributed by atoms with Crippen LogP contribution >= 0.6 is 0 Å². The van der Waals surface area contributed by atoms with E-state index in [1.807, 2.05) is 0 Å². The first-order chi connectivity index (χ1) is 14.6. The maximum Gasteiger partial charge on any atom is 0.411 e. The van der Waals surface area contributed by atoms with E-state index in [4.69, 9.17) is 14.2 Å². The number of nitrogens with one attached hydrogen (secondary N) is 1. The third-order valence-electron chi connectivity index (χ3n) is 6.00. The number of benzene rings is 1. The van der Waals surface area contributed by atoms with Gasteiger partial charge in [0, 0.05) is 12.2 Å². The molecule has 4 rings (SSSR count). The smallest absolute Gasteiger partial charge is 0.411 e. The third kappa shape index (κ3) is 4.14. The summed E-state index contributed by atoms with van der Waals surface area (Å²) in [5.41, 5.74) is 0.607. The molecule has 3 saturated heterocycles. The van der Waals surface area contributed by atoms with Crippen molar-refractivity contribution in [3.8, 4) is 5.75 Å². The second-order valence-electron chi connectivity index (χ2n) is 8.01. The molecule has 0 aromatic heterocycles. The highest BCUT2D eigenvalue weighted by Gasteiger charge is 2.62. The number of hydrogen-bond donors (Lipinski definition) is 1. The van der Waals surface area contributed by atoms with Gasteiger partial charge in [-0.1, -0.05) is 13.3 Å². The third-order valence-corrected chi connectivity index (χ3v) is 6.00. The molecule has 3 heterocycles. The highest BCUT2D eigenvalue weighted by atomic mass is 16.5. The van der Waals surface area contributed by atoms with Crippen LogP contribution in [0.3, 0.4) is 0 Å². The number of ether oxygens (including phenoxy) is 3. The van der Waals surface area contributed by atoms with Gasteiger partial charge >= 0.3 is 6.09 Å². The van der Waals surface area contributed by atoms with Gasteiger partial charge in [-0.15, -0.1) is 0 Å². The number of carbonyl (C=O) groups is 3. The number of fused-ring (bicyclic) bond motifs is 5. The maximum absolute atomic E-state index is 12.6. The van der Waals surface area contributed by atoms with E-state index in [9.17, 15) is 14.4 Å². The number of hydrogen-bond acceptors (Lipinski definition) is 6. The number of imide groups is 1. The summed E-state index contributed by atoms with van der Waals surface area (Å²) >= 11 is 0. The normalized spacial score (nSPS) is 26.8. The van der Waals surface area contributed by atoms with Crippen molar-refractivity contribution in [1.82, 2.24) is 4.90 Å². The molecule has 3 aliphatic heterocycles. The minimum Gasteiger partial charge on any atom is -0.494 e. The molecule has 0 radical (unpaired) electrons. The van der Waals surface area contributed by atoms with Crippen LogP contribution in [0.2, 0.25) is 0 Å². The fraction of sp³-hybridized carbons (Fsp3) is 0.591. The molecule has 1 aromatic carbocycles. The number of likely N-dealkylation sites (tertiary alicyclic amines) is 1. The van der Waals surface area contributed by atoms with Crippen LogP contribution in [0, 0.1) is 11.8 Å². The first-order valence-electron chi connectivity index (χ1n) is 10.8. The Morgan fingerprint density at radius 3 is 2.37 bits per heavy atom. The average molecular weight is 416 g/mol. The highest BCUT2D eigenvalue weighted by molar-refractivity contribution is 6.06. The van der Waals surface area contributed by atoms with E-state index in [0.29, 0.717) is 18.7 Å². The summed E-state index contributed by atoms with van der Waals surface area (Å²) in [6.07, 6.45) is 3.40. The molecule has 4 unspecified atom stereocenters. The molecular formula is C22H28N2O6. The Kier molecular flexibility index (Phi) is 6.22. The first kappa shape index (κ1) is 20.7. The molecule has 3 aliphatic rings. The van der Waals surface area contributed by atoms with Crippen LogP contribution in [0.4, 0.5) is 10.5 Å². The fourth-order valence-corrected chi connectivity index (χ4v) is 4.50. The summed E-state index contributed by atoms with van der Waals surface area (Å²) in [6, 6.07) is 7.09. The van der Waals surface area contributed by atoms with E-state index >= 15 is 0 Å². The number of nitrogens with zero attached hydrogens (tertiary/aromatic N) is 1. The number of rotatable bonds is 9. The standard InChI is InChI=1S/C22H28N2O6/c1-2-3-12-28-15-7-5-14(6-8-15)23-22(27)29-13-4-11-24-20(25)18-16-9-10-17(30-16)19(18)21(24)26/h5-8,16-19H,2-4,9-13H2,1H3,(H,23,27). The molecule has 2 bridgehead atoms. The first-order valence-corrected chi connectivity index (χ1v) is 10.8. The van der Waals surface area contributed by atoms with Crippen LogP contribution in [0.5, 0.6) is 5.75 Å². The summed E-state index contributed by atoms with van der Waals surface area (Å²) in [5, 5.41) is 2.65. The van der Waals surface area contributed by atoms with Gasteiger partial charge in [-0.3, -0.25) is 19.8 Å². The Hall–Kier alpha value is -2.61. The predicted molar refractivity (Wildman–Crippen MR) is 108 cm³/mol. The van der Waals surface area contributed by atoms with Crippen molar-refractivity contribution in [2.45, 2.75) is 51.2 Å². The van der Waals surface area contributed by atoms with Gasteiger partial charge in [0.15, 0.2) is 0 Å². The molecule has 0 aliphatic carbocycles. The zero-order valence-electron chi connectivity index (χ0n) is 17.2. The van der Waals surface area contributed by atoms with Crippen molar-refractivity contribution in [2.24, 2.45) is 11.8 Å². The monoisotopic (exact) mass is 416 g/mol. The molecule has 0 saturated carbocycles. The fourth-order valence-electron chi connectivity index (χ4n) is 4.50. The Balaban J connectivity index is 1.17. The molecule has 1 N–H and O–H groups in total. The van der Waals surface area contributed by atoms with Gasteiger partial charge in [0.1, 0.15) is 5.75 Å². The topological polar surface area (TPSA) is 94.2 Å². The molecule has 0 spiro atoms. The second-order valence-corrected chi connectivity index (χ2v) is 8.01. The molecular weight excluding hydrogens is 388 g/mol. The van der Waals surface area contributed by atoms with E-state index in [2.05, 4.69) is 12.2 Å². The minimum absolute atomic E-state index is 0.105. The molecule has 4 atom stereocenters. The molecule has 8 heteroatoms. The van der Waals surface area contributed by atoms with Gasteiger partial charge in [0.25, 0.3) is 0 Å². The molecule has 30 heavy (non-hydrogen) atoms. The second kappa shape index (κ2) is 9.04. The van der Waals surface area contributed by atoms with Gasteiger partial charge in [0.05, 0.1) is 37.3 Å². The van der Waals surface area contributed by atoms with E-state index in [0.717, 1.165) is 31.4 Å². The Morgan fingerprint density at radius 1 is 1.07 bits per heavy atom. The van der Waals surface area contributed by atoms with E-state index in [1.165, 1.54) is 4.90 Å². The number of amides is 3. The Labute approximate surface area is 175 Å². The maximum atomic E-state index is 12.6. The average Bonchev–Trinajstić information content (AvgIpc) is 3.42. The van der Waals surface area contributed by atoms with Crippen LogP contribution in [0.25, 0.3) is 0 Å². The van der Waals surface area contributed by atoms with Gasteiger partial charge in [-0.2, -0.15) is 0 Å². The molecule has 3 fully saturated rings. The van der Waals surface area contributed by atoms with Gasteiger partial charge < -0.3 is 14.2 Å². The summed E-state index contributed by atoms with van der Waals surface area (Å²) in [4.78, 5) is 38.4. The SMILES string of the molecule is CCCCOc1ccc(NC(=O)OCCCN2C(=O)C3C4CCC(O4)C3C2=O)cc1. The molecule has 1 aromatic rings. The lowest BCUT2D eigenvalue weighted by Crippen LogP contribution is -2.35. The van der Waals surface area contributed by atoms with Crippen LogP contribution in [0.15, 0.2) is 24.3 Å². The lowest BCUT2D eigenvalue weighted by atomic mass is 9.81. The number of unbranched alkanes of at least 4 members (excludes halogenated alkanes) is 1. The largest absolute Gasteiger partial charge is 0.494 e. The molecule has 162 valence electrons. The quantitative estimate of drug-likeness (QED) is 0.491. The van der Waals surface area contributed by atoms with Crippen molar-refractivity contribution in [2.75, 3.05) is 25.1 Å². The summed E-state index contributed by atoms with van der Waals surface area (Å²) in [6.45, 7) is 3.16. The van der Waals surface area contributed by atoms with Crippen LogP contribution in [-0.4, -0.2) is 54.8 Å². The summed E-state index contributed by atoms with van der Waals surface area (Å²) in [5.74, 6) is -0.138. The van der Waals surface area contributed by atoms with E-state index < -0.39 is 6.09 Å². The zero-order valence-corrected chi connectivity index (χ0v) is 17.2. The molecule has 3 amide bonds. The zero-order chi connectivity index (χ0) is 21.1. The van der Waals surface area contributed by atoms with Crippen molar-refractivity contribution >= 4 is 23.6 Å². The van der Waals surface area contributed by atoms with Gasteiger partial charge in [0.2, 0.25) is 11.8 Å². The number of anilines is 1. The number of carbonyl (C=O) groups excluding carboxylic acids is 3. The van der Waals surface area contributed by atoms with Crippen molar-refractivity contribution < 1.29 is 28.6 Å². The van der Waals surface area contributed by atoms with Crippen LogP contribution in [0.1, 0.15) is 39.0 Å². The minimum atomic E-state index is -0.572. The van der Waals surface area contributed by atoms with Crippen molar-refractivity contribution in [3.63, 3.8) is 0 Å². The Morgan fingerprint density at radius 2 is 1.73 bits per heavy atom. The van der Waals surface area contributed by atoms with Gasteiger partial charge in [-0.05, 0) is 49.9 Å². The Bertz CT molecular complexity index is 767. The van der Waals surface area contributed by atoms with E-state index in [1.54, 1.807) is 24.3 Å². The molecule has 8 nitrogen and oxygen atoms in total. The lowest BCUT2D eigenvalue weighted by Gasteiger charge is -2.17. The summed E-state index contributed by atoms with van der Waals surface area (Å²) < 4.78 is 16.5. The van der Waals surface area contributed by atoms with Crippen LogP contribution < -0.4 is 10.1 Å². The van der Waals surface area contributed by atoms with Crippen molar-refractivity contribution in [1.29, 1.82) is 0 Å². The highest BCUT2D eigenvalue weighted by Crippen LogP contribution is 2.48. The van der Waals surface area contributed by atoms with Crippen LogP contribution in [-0.2, 0) is 19.1 Å². The van der Waals surface area contributed by atoms with E-state index in [-0.39, 0.29) is 49.0 Å².